The Morgan fingerprint density at radius 2 is 1.78 bits per heavy atom. The van der Waals surface area contributed by atoms with Crippen LogP contribution in [0.4, 0.5) is 0 Å². The van der Waals surface area contributed by atoms with Crippen LogP contribution in [0.3, 0.4) is 0 Å². The summed E-state index contributed by atoms with van der Waals surface area (Å²) < 4.78 is 28.0. The Bertz CT molecular complexity index is 1550. The lowest BCUT2D eigenvalue weighted by Crippen LogP contribution is -2.23. The van der Waals surface area contributed by atoms with Gasteiger partial charge in [-0.1, -0.05) is 36.4 Å². The van der Waals surface area contributed by atoms with E-state index in [-0.39, 0.29) is 22.2 Å². The number of sulfone groups is 1. The number of nitrogens with zero attached hydrogens (tertiary/aromatic N) is 4. The van der Waals surface area contributed by atoms with Crippen LogP contribution >= 0.6 is 0 Å². The Kier molecular flexibility index (Phi) is 4.87. The van der Waals surface area contributed by atoms with Gasteiger partial charge in [0.15, 0.2) is 0 Å². The van der Waals surface area contributed by atoms with Gasteiger partial charge in [-0.25, -0.2) is 18.4 Å². The predicted molar refractivity (Wildman–Crippen MR) is 118 cm³/mol. The van der Waals surface area contributed by atoms with Gasteiger partial charge in [0.2, 0.25) is 15.6 Å². The van der Waals surface area contributed by atoms with Gasteiger partial charge in [-0.05, 0) is 17.7 Å². The number of carbonyl (C=O) groups excluding carboxylic acids is 1. The number of benzene rings is 2. The van der Waals surface area contributed by atoms with E-state index in [2.05, 4.69) is 20.3 Å². The molecule has 0 saturated heterocycles. The van der Waals surface area contributed by atoms with E-state index in [0.717, 1.165) is 10.9 Å². The summed E-state index contributed by atoms with van der Waals surface area (Å²) >= 11 is 0. The van der Waals surface area contributed by atoms with Gasteiger partial charge in [-0.15, -0.1) is 0 Å². The first-order valence-electron chi connectivity index (χ1n) is 9.76. The molecule has 0 radical (unpaired) electrons. The third-order valence-electron chi connectivity index (χ3n) is 5.12. The molecule has 0 saturated carbocycles. The predicted octanol–water partition coefficient (Wildman–Crippen LogP) is 3.04. The summed E-state index contributed by atoms with van der Waals surface area (Å²) in [6.45, 7) is 0.247. The van der Waals surface area contributed by atoms with Gasteiger partial charge >= 0.3 is 0 Å². The van der Waals surface area contributed by atoms with Crippen molar-refractivity contribution < 1.29 is 13.2 Å². The molecule has 9 heteroatoms. The van der Waals surface area contributed by atoms with Crippen molar-refractivity contribution in [1.82, 2.24) is 24.7 Å². The molecule has 0 atom stereocenters. The van der Waals surface area contributed by atoms with Crippen molar-refractivity contribution in [2.45, 2.75) is 16.3 Å². The third-order valence-corrected chi connectivity index (χ3v) is 6.91. The van der Waals surface area contributed by atoms with Gasteiger partial charge in [0, 0.05) is 54.5 Å². The Morgan fingerprint density at radius 1 is 0.969 bits per heavy atom. The van der Waals surface area contributed by atoms with E-state index >= 15 is 0 Å². The van der Waals surface area contributed by atoms with Crippen LogP contribution in [0.25, 0.3) is 16.6 Å². The summed E-state index contributed by atoms with van der Waals surface area (Å²) in [7, 11) is -3.74. The maximum absolute atomic E-state index is 13.2. The fraction of sp³-hybridized carbons (Fsp3) is 0.0435. The maximum atomic E-state index is 13.2. The van der Waals surface area contributed by atoms with Crippen molar-refractivity contribution >= 4 is 32.3 Å². The number of hydrogen-bond donors (Lipinski definition) is 1. The minimum atomic E-state index is -3.74. The van der Waals surface area contributed by atoms with Gasteiger partial charge in [0.1, 0.15) is 0 Å². The van der Waals surface area contributed by atoms with Crippen LogP contribution in [0.1, 0.15) is 15.9 Å². The van der Waals surface area contributed by atoms with Crippen LogP contribution in [0.2, 0.25) is 0 Å². The largest absolute Gasteiger partial charge is 0.348 e. The zero-order valence-corrected chi connectivity index (χ0v) is 17.5. The summed E-state index contributed by atoms with van der Waals surface area (Å²) in [5.41, 5.74) is 1.17. The Labute approximate surface area is 183 Å². The lowest BCUT2D eigenvalue weighted by molar-refractivity contribution is 0.0950. The van der Waals surface area contributed by atoms with E-state index in [9.17, 15) is 13.2 Å². The molecule has 3 heterocycles. The molecule has 0 aliphatic heterocycles. The van der Waals surface area contributed by atoms with E-state index in [1.165, 1.54) is 24.5 Å². The summed E-state index contributed by atoms with van der Waals surface area (Å²) in [5, 5.41) is 4.20. The van der Waals surface area contributed by atoms with Crippen molar-refractivity contribution in [2.24, 2.45) is 0 Å². The molecule has 8 nitrogen and oxygen atoms in total. The fourth-order valence-electron chi connectivity index (χ4n) is 3.43. The Balaban J connectivity index is 1.34. The average Bonchev–Trinajstić information content (AvgIpc) is 3.30. The number of amides is 1. The number of fused-ring (bicyclic) bond motifs is 2. The topological polar surface area (TPSA) is 106 Å². The smallest absolute Gasteiger partial charge is 0.254 e. The normalized spacial score (nSPS) is 11.6. The van der Waals surface area contributed by atoms with Gasteiger partial charge in [0.05, 0.1) is 15.4 Å². The van der Waals surface area contributed by atoms with E-state index in [4.69, 9.17) is 0 Å². The molecule has 5 aromatic rings. The van der Waals surface area contributed by atoms with Crippen LogP contribution in [0.15, 0.2) is 95.5 Å². The molecule has 0 unspecified atom stereocenters. The number of imidazole rings is 1. The molecule has 5 rings (SSSR count). The van der Waals surface area contributed by atoms with Crippen molar-refractivity contribution in [3.05, 3.63) is 96.8 Å². The van der Waals surface area contributed by atoms with Crippen LogP contribution in [0.5, 0.6) is 0 Å². The zero-order valence-electron chi connectivity index (χ0n) is 16.7. The molecule has 0 aliphatic carbocycles. The number of aromatic nitrogens is 4. The van der Waals surface area contributed by atoms with Crippen molar-refractivity contribution in [1.29, 1.82) is 0 Å². The van der Waals surface area contributed by atoms with Crippen molar-refractivity contribution in [2.75, 3.05) is 0 Å². The van der Waals surface area contributed by atoms with Gasteiger partial charge < -0.3 is 5.32 Å². The van der Waals surface area contributed by atoms with E-state index in [0.29, 0.717) is 16.7 Å². The highest BCUT2D eigenvalue weighted by Gasteiger charge is 2.20. The molecule has 0 fully saturated rings. The Morgan fingerprint density at radius 3 is 2.62 bits per heavy atom. The van der Waals surface area contributed by atoms with E-state index in [1.54, 1.807) is 53.5 Å². The number of pyridine rings is 1. The minimum Gasteiger partial charge on any atom is -0.348 e. The number of carbonyl (C=O) groups is 1. The van der Waals surface area contributed by atoms with Gasteiger partial charge in [0.25, 0.3) is 5.91 Å². The molecular weight excluding hydrogens is 426 g/mol. The summed E-state index contributed by atoms with van der Waals surface area (Å²) in [4.78, 5) is 25.0. The van der Waals surface area contributed by atoms with Crippen molar-refractivity contribution in [3.63, 3.8) is 0 Å². The first kappa shape index (κ1) is 19.8. The maximum Gasteiger partial charge on any atom is 0.254 e. The SMILES string of the molecule is O=C(NCc1ccc(S(=O)(=O)c2cncc3ccccc23)cc1)c1cnc2nccn2c1. The average molecular weight is 443 g/mol. The molecule has 1 N–H and O–H groups in total. The highest BCUT2D eigenvalue weighted by Crippen LogP contribution is 2.27. The second-order valence-corrected chi connectivity index (χ2v) is 9.08. The molecular formula is C23H17N5O3S. The molecule has 0 aliphatic rings. The number of rotatable bonds is 5. The monoisotopic (exact) mass is 443 g/mol. The van der Waals surface area contributed by atoms with E-state index in [1.807, 2.05) is 12.1 Å². The summed E-state index contributed by atoms with van der Waals surface area (Å²) in [5.74, 6) is 0.228. The highest BCUT2D eigenvalue weighted by molar-refractivity contribution is 7.91. The lowest BCUT2D eigenvalue weighted by atomic mass is 10.2. The molecule has 32 heavy (non-hydrogen) atoms. The molecule has 0 bridgehead atoms. The highest BCUT2D eigenvalue weighted by atomic mass is 32.2. The molecule has 3 aromatic heterocycles. The van der Waals surface area contributed by atoms with Crippen LogP contribution in [-0.4, -0.2) is 33.7 Å². The third kappa shape index (κ3) is 3.58. The summed E-state index contributed by atoms with van der Waals surface area (Å²) in [6.07, 6.45) is 9.44. The first-order valence-corrected chi connectivity index (χ1v) is 11.2. The molecule has 158 valence electrons. The van der Waals surface area contributed by atoms with Gasteiger partial charge in [-0.3, -0.25) is 14.2 Å². The number of nitrogens with one attached hydrogen (secondary N) is 1. The summed E-state index contributed by atoms with van der Waals surface area (Å²) in [6, 6.07) is 13.7. The second kappa shape index (κ2) is 7.86. The zero-order chi connectivity index (χ0) is 22.1. The Hall–Kier alpha value is -4.11. The quantitative estimate of drug-likeness (QED) is 0.448. The van der Waals surface area contributed by atoms with Gasteiger partial charge in [-0.2, -0.15) is 0 Å². The minimum absolute atomic E-state index is 0.166. The lowest BCUT2D eigenvalue weighted by Gasteiger charge is -2.09. The fourth-order valence-corrected chi connectivity index (χ4v) is 4.86. The molecule has 2 aromatic carbocycles. The number of hydrogen-bond acceptors (Lipinski definition) is 6. The van der Waals surface area contributed by atoms with Crippen LogP contribution in [-0.2, 0) is 16.4 Å². The first-order chi connectivity index (χ1) is 15.5. The van der Waals surface area contributed by atoms with Crippen LogP contribution in [0, 0.1) is 0 Å². The van der Waals surface area contributed by atoms with E-state index < -0.39 is 9.84 Å². The standard InChI is InChI=1S/C23H17N5O3S/c29-22(18-13-27-23-25-9-10-28(23)15-18)26-11-16-5-7-19(8-6-16)32(30,31)21-14-24-12-17-3-1-2-4-20(17)21/h1-10,12-15H,11H2,(H,26,29). The molecule has 0 spiro atoms. The van der Waals surface area contributed by atoms with Crippen molar-refractivity contribution in [3.8, 4) is 0 Å². The second-order valence-electron chi connectivity index (χ2n) is 7.17. The molecule has 1 amide bonds. The van der Waals surface area contributed by atoms with Crippen LogP contribution < -0.4 is 5.32 Å².